The van der Waals surface area contributed by atoms with Crippen molar-refractivity contribution in [2.75, 3.05) is 34.4 Å². The van der Waals surface area contributed by atoms with E-state index in [-0.39, 0.29) is 6.04 Å². The van der Waals surface area contributed by atoms with Gasteiger partial charge in [0.1, 0.15) is 0 Å². The predicted molar refractivity (Wildman–Crippen MR) is 80.2 cm³/mol. The van der Waals surface area contributed by atoms with Crippen LogP contribution in [0.1, 0.15) is 24.9 Å². The number of likely N-dealkylation sites (N-methyl/N-ethyl adjacent to an activating group) is 1. The van der Waals surface area contributed by atoms with Crippen molar-refractivity contribution in [2.24, 2.45) is 0 Å². The number of methoxy groups -OCH3 is 1. The summed E-state index contributed by atoms with van der Waals surface area (Å²) in [7, 11) is 1.54. The van der Waals surface area contributed by atoms with Gasteiger partial charge in [0, 0.05) is 26.7 Å². The Hall–Kier alpha value is -0.950. The third kappa shape index (κ3) is 4.02. The van der Waals surface area contributed by atoms with Crippen LogP contribution in [0.15, 0.2) is 29.2 Å². The first-order valence-electron chi connectivity index (χ1n) is 6.69. The second-order valence-electron chi connectivity index (χ2n) is 4.64. The average Bonchev–Trinajstić information content (AvgIpc) is 2.46. The summed E-state index contributed by atoms with van der Waals surface area (Å²) < 4.78 is 31.1. The first-order valence-corrected chi connectivity index (χ1v) is 8.13. The number of nitrogens with zero attached hydrogens (tertiary/aromatic N) is 1. The number of hydrogen-bond acceptors (Lipinski definition) is 4. The molecular formula is C14H24N2O3S. The van der Waals surface area contributed by atoms with Crippen LogP contribution in [0.25, 0.3) is 0 Å². The number of benzene rings is 1. The van der Waals surface area contributed by atoms with Crippen molar-refractivity contribution in [1.29, 1.82) is 0 Å². The molecule has 0 heterocycles. The minimum absolute atomic E-state index is 0.162. The molecule has 0 amide bonds. The fourth-order valence-corrected chi connectivity index (χ4v) is 3.23. The molecule has 0 fully saturated rings. The lowest BCUT2D eigenvalue weighted by molar-refractivity contribution is 0.185. The lowest BCUT2D eigenvalue weighted by Gasteiger charge is -2.19. The van der Waals surface area contributed by atoms with Gasteiger partial charge in [-0.25, -0.2) is 8.42 Å². The lowest BCUT2D eigenvalue weighted by atomic mass is 10.1. The van der Waals surface area contributed by atoms with Gasteiger partial charge >= 0.3 is 0 Å². The number of rotatable bonds is 8. The highest BCUT2D eigenvalue weighted by molar-refractivity contribution is 7.89. The summed E-state index contributed by atoms with van der Waals surface area (Å²) in [6.07, 6.45) is 0.902. The highest BCUT2D eigenvalue weighted by Gasteiger charge is 2.21. The van der Waals surface area contributed by atoms with E-state index in [1.807, 2.05) is 13.1 Å². The Labute approximate surface area is 122 Å². The number of ether oxygens (including phenoxy) is 1. The van der Waals surface area contributed by atoms with Gasteiger partial charge in [0.15, 0.2) is 0 Å². The molecule has 20 heavy (non-hydrogen) atoms. The molecule has 0 aliphatic heterocycles. The van der Waals surface area contributed by atoms with Gasteiger partial charge in [0.05, 0.1) is 11.5 Å². The third-order valence-corrected chi connectivity index (χ3v) is 5.19. The van der Waals surface area contributed by atoms with Crippen LogP contribution >= 0.6 is 0 Å². The Bertz CT molecular complexity index is 513. The molecule has 1 atom stereocenters. The average molecular weight is 300 g/mol. The van der Waals surface area contributed by atoms with Crippen molar-refractivity contribution in [3.63, 3.8) is 0 Å². The summed E-state index contributed by atoms with van der Waals surface area (Å²) in [5.74, 6) is 0. The molecule has 0 aliphatic rings. The largest absolute Gasteiger partial charge is 0.383 e. The zero-order valence-electron chi connectivity index (χ0n) is 12.6. The van der Waals surface area contributed by atoms with Crippen molar-refractivity contribution in [1.82, 2.24) is 9.62 Å². The molecular weight excluding hydrogens is 276 g/mol. The Balaban J connectivity index is 3.04. The Morgan fingerprint density at radius 1 is 1.40 bits per heavy atom. The number of nitrogens with one attached hydrogen (secondary N) is 1. The van der Waals surface area contributed by atoms with E-state index in [0.29, 0.717) is 18.0 Å². The summed E-state index contributed by atoms with van der Waals surface area (Å²) >= 11 is 0. The van der Waals surface area contributed by atoms with Crippen LogP contribution in [0.3, 0.4) is 0 Å². The lowest BCUT2D eigenvalue weighted by Crippen LogP contribution is -2.30. The molecule has 0 spiro atoms. The van der Waals surface area contributed by atoms with Crippen molar-refractivity contribution in [2.45, 2.75) is 24.3 Å². The summed E-state index contributed by atoms with van der Waals surface area (Å²) in [6.45, 7) is 2.78. The van der Waals surface area contributed by atoms with Gasteiger partial charge in [-0.2, -0.15) is 4.31 Å². The van der Waals surface area contributed by atoms with Crippen LogP contribution in [-0.4, -0.2) is 47.1 Å². The summed E-state index contributed by atoms with van der Waals surface area (Å²) in [6, 6.07) is 7.26. The monoisotopic (exact) mass is 300 g/mol. The maximum atomic E-state index is 12.4. The van der Waals surface area contributed by atoms with Gasteiger partial charge < -0.3 is 10.1 Å². The van der Waals surface area contributed by atoms with E-state index in [9.17, 15) is 8.42 Å². The van der Waals surface area contributed by atoms with E-state index >= 15 is 0 Å². The zero-order valence-corrected chi connectivity index (χ0v) is 13.4. The van der Waals surface area contributed by atoms with E-state index in [1.165, 1.54) is 4.31 Å². The van der Waals surface area contributed by atoms with E-state index in [4.69, 9.17) is 4.74 Å². The summed E-state index contributed by atoms with van der Waals surface area (Å²) in [4.78, 5) is 0.322. The van der Waals surface area contributed by atoms with Gasteiger partial charge in [-0.05, 0) is 31.2 Å². The van der Waals surface area contributed by atoms with E-state index in [0.717, 1.165) is 12.0 Å². The quantitative estimate of drug-likeness (QED) is 0.792. The normalized spacial score (nSPS) is 13.7. The SMILES string of the molecule is CCC(NC)c1cccc(S(=O)(=O)N(C)CCOC)c1. The molecule has 6 heteroatoms. The first kappa shape index (κ1) is 17.1. The standard InChI is InChI=1S/C14H24N2O3S/c1-5-14(15-2)12-7-6-8-13(11-12)20(17,18)16(3)9-10-19-4/h6-8,11,14-15H,5,9-10H2,1-4H3. The maximum Gasteiger partial charge on any atom is 0.242 e. The molecule has 0 saturated carbocycles. The van der Waals surface area contributed by atoms with Crippen LogP contribution in [0.5, 0.6) is 0 Å². The molecule has 1 aromatic carbocycles. The Morgan fingerprint density at radius 3 is 2.65 bits per heavy atom. The number of hydrogen-bond donors (Lipinski definition) is 1. The Morgan fingerprint density at radius 2 is 2.10 bits per heavy atom. The van der Waals surface area contributed by atoms with Gasteiger partial charge in [-0.3, -0.25) is 0 Å². The van der Waals surface area contributed by atoms with E-state index < -0.39 is 10.0 Å². The van der Waals surface area contributed by atoms with Crippen molar-refractivity contribution in [3.05, 3.63) is 29.8 Å². The van der Waals surface area contributed by atoms with Crippen molar-refractivity contribution < 1.29 is 13.2 Å². The van der Waals surface area contributed by atoms with Crippen LogP contribution < -0.4 is 5.32 Å². The minimum Gasteiger partial charge on any atom is -0.383 e. The molecule has 0 radical (unpaired) electrons. The van der Waals surface area contributed by atoms with E-state index in [1.54, 1.807) is 32.4 Å². The second kappa shape index (κ2) is 7.73. The summed E-state index contributed by atoms with van der Waals surface area (Å²) in [5, 5.41) is 3.18. The Kier molecular flexibility index (Phi) is 6.61. The topological polar surface area (TPSA) is 58.6 Å². The van der Waals surface area contributed by atoms with Gasteiger partial charge in [-0.15, -0.1) is 0 Å². The maximum absolute atomic E-state index is 12.4. The zero-order chi connectivity index (χ0) is 15.2. The molecule has 5 nitrogen and oxygen atoms in total. The first-order chi connectivity index (χ1) is 9.47. The fourth-order valence-electron chi connectivity index (χ4n) is 2.02. The van der Waals surface area contributed by atoms with Crippen LogP contribution in [-0.2, 0) is 14.8 Å². The molecule has 1 N–H and O–H groups in total. The van der Waals surface area contributed by atoms with Gasteiger partial charge in [0.2, 0.25) is 10.0 Å². The summed E-state index contributed by atoms with van der Waals surface area (Å²) in [5.41, 5.74) is 0.983. The highest BCUT2D eigenvalue weighted by atomic mass is 32.2. The third-order valence-electron chi connectivity index (χ3n) is 3.34. The molecule has 0 aromatic heterocycles. The predicted octanol–water partition coefficient (Wildman–Crippen LogP) is 1.62. The van der Waals surface area contributed by atoms with Gasteiger partial charge in [-0.1, -0.05) is 19.1 Å². The molecule has 1 unspecified atom stereocenters. The fraction of sp³-hybridized carbons (Fsp3) is 0.571. The van der Waals surface area contributed by atoms with Gasteiger partial charge in [0.25, 0.3) is 0 Å². The van der Waals surface area contributed by atoms with Crippen molar-refractivity contribution in [3.8, 4) is 0 Å². The van der Waals surface area contributed by atoms with Crippen molar-refractivity contribution >= 4 is 10.0 Å². The number of sulfonamides is 1. The van der Waals surface area contributed by atoms with Crippen LogP contribution in [0, 0.1) is 0 Å². The van der Waals surface area contributed by atoms with Crippen LogP contribution in [0.2, 0.25) is 0 Å². The molecule has 0 aliphatic carbocycles. The molecule has 1 aromatic rings. The second-order valence-corrected chi connectivity index (χ2v) is 6.69. The highest BCUT2D eigenvalue weighted by Crippen LogP contribution is 2.21. The molecule has 114 valence electrons. The van der Waals surface area contributed by atoms with Crippen LogP contribution in [0.4, 0.5) is 0 Å². The minimum atomic E-state index is -3.46. The molecule has 0 bridgehead atoms. The van der Waals surface area contributed by atoms with E-state index in [2.05, 4.69) is 12.2 Å². The molecule has 1 rings (SSSR count). The molecule has 0 saturated heterocycles. The smallest absolute Gasteiger partial charge is 0.242 e.